The van der Waals surface area contributed by atoms with Gasteiger partial charge in [-0.1, -0.05) is 6.07 Å². The average Bonchev–Trinajstić information content (AvgIpc) is 3.39. The third-order valence-electron chi connectivity index (χ3n) is 6.90. The quantitative estimate of drug-likeness (QED) is 0.167. The topological polar surface area (TPSA) is 165 Å². The number of rotatable bonds is 7. The Balaban J connectivity index is 1.56. The fourth-order valence-electron chi connectivity index (χ4n) is 4.78. The van der Waals surface area contributed by atoms with Crippen molar-refractivity contribution < 1.29 is 45.2 Å². The number of nitrogens with one attached hydrogen (secondary N) is 2. The number of nitro groups is 1. The average molecular weight is 636 g/mol. The number of carbonyl (C=O) groups excluding carboxylic acids is 2. The highest BCUT2D eigenvalue weighted by Gasteiger charge is 2.46. The van der Waals surface area contributed by atoms with Crippen LogP contribution < -0.4 is 10.2 Å². The molecule has 1 aromatic heterocycles. The van der Waals surface area contributed by atoms with Crippen LogP contribution in [-0.4, -0.2) is 60.8 Å². The summed E-state index contributed by atoms with van der Waals surface area (Å²) in [4.78, 5) is 36.5. The van der Waals surface area contributed by atoms with Gasteiger partial charge in [-0.25, -0.2) is 12.8 Å². The lowest BCUT2D eigenvalue weighted by molar-refractivity contribution is -0.384. The maximum absolute atomic E-state index is 13.7. The van der Waals surface area contributed by atoms with Gasteiger partial charge in [0.2, 0.25) is 9.84 Å². The minimum Gasteiger partial charge on any atom is -0.381 e. The number of fused-ring (bicyclic) bond motifs is 1. The number of halogens is 4. The molecule has 1 aliphatic heterocycles. The summed E-state index contributed by atoms with van der Waals surface area (Å²) in [7, 11) is -4.21. The molecule has 4 aromatic rings. The predicted octanol–water partition coefficient (Wildman–Crippen LogP) is 4.77. The van der Waals surface area contributed by atoms with E-state index in [0.29, 0.717) is 11.0 Å². The lowest BCUT2D eigenvalue weighted by atomic mass is 10.0. The summed E-state index contributed by atoms with van der Waals surface area (Å²) in [5.74, 6) is -4.42. The Labute approximate surface area is 245 Å². The number of non-ortho nitro benzene ring substituents is 1. The third-order valence-corrected chi connectivity index (χ3v) is 8.65. The fraction of sp³-hybridized carbons (Fsp3) is 0.222. The number of hydrogen-bond donors (Lipinski definition) is 2. The number of nitrogens with zero attached hydrogens (tertiary/aromatic N) is 3. The van der Waals surface area contributed by atoms with Crippen molar-refractivity contribution in [3.63, 3.8) is 0 Å². The normalized spacial score (nSPS) is 14.4. The van der Waals surface area contributed by atoms with Crippen molar-refractivity contribution in [2.24, 2.45) is 0 Å². The molecule has 1 saturated heterocycles. The molecular weight excluding hydrogens is 614 g/mol. The number of carbonyl (C=O) groups is 2. The Morgan fingerprint density at radius 3 is 2.41 bits per heavy atom. The maximum Gasteiger partial charge on any atom is 0.471 e. The zero-order chi connectivity index (χ0) is 31.8. The van der Waals surface area contributed by atoms with E-state index in [9.17, 15) is 45.7 Å². The van der Waals surface area contributed by atoms with Crippen molar-refractivity contribution in [1.29, 1.82) is 0 Å². The van der Waals surface area contributed by atoms with E-state index in [1.807, 2.05) is 0 Å². The van der Waals surface area contributed by atoms with Crippen LogP contribution in [0.3, 0.4) is 0 Å². The number of anilines is 2. The number of nitro benzene ring substituents is 1. The van der Waals surface area contributed by atoms with Crippen molar-refractivity contribution in [2.75, 3.05) is 23.4 Å². The predicted molar refractivity (Wildman–Crippen MR) is 146 cm³/mol. The molecule has 1 fully saturated rings. The molecule has 0 atom stereocenters. The van der Waals surface area contributed by atoms with Crippen LogP contribution in [0.1, 0.15) is 23.2 Å². The second-order valence-corrected chi connectivity index (χ2v) is 11.6. The van der Waals surface area contributed by atoms with Crippen molar-refractivity contribution >= 4 is 49.7 Å². The SMILES string of the molecule is O=C(Nc1n[nH]c2ccc(S(=O)(=O)c3cccc(F)c3)cc12)c1ccc([N+](=O)[O-])cc1N(C(=O)C(F)(F)F)C1CCOCC1. The van der Waals surface area contributed by atoms with E-state index in [1.165, 1.54) is 24.3 Å². The van der Waals surface area contributed by atoms with Gasteiger partial charge in [0, 0.05) is 36.8 Å². The van der Waals surface area contributed by atoms with Crippen molar-refractivity contribution in [2.45, 2.75) is 34.9 Å². The number of aromatic nitrogens is 2. The molecule has 2 N–H and O–H groups in total. The Morgan fingerprint density at radius 2 is 1.75 bits per heavy atom. The molecule has 1 aliphatic rings. The molecule has 0 unspecified atom stereocenters. The van der Waals surface area contributed by atoms with Crippen LogP contribution in [0, 0.1) is 15.9 Å². The Kier molecular flexibility index (Phi) is 8.09. The highest BCUT2D eigenvalue weighted by Crippen LogP contribution is 2.35. The van der Waals surface area contributed by atoms with E-state index in [2.05, 4.69) is 15.5 Å². The molecule has 5 rings (SSSR count). The van der Waals surface area contributed by atoms with E-state index in [4.69, 9.17) is 4.74 Å². The number of amides is 2. The van der Waals surface area contributed by atoms with Gasteiger partial charge < -0.3 is 15.0 Å². The van der Waals surface area contributed by atoms with Crippen LogP contribution >= 0.6 is 0 Å². The summed E-state index contributed by atoms with van der Waals surface area (Å²) in [6.45, 7) is 0.0335. The summed E-state index contributed by atoms with van der Waals surface area (Å²) in [5.41, 5.74) is -1.57. The first-order valence-corrected chi connectivity index (χ1v) is 14.3. The van der Waals surface area contributed by atoms with Gasteiger partial charge in [0.15, 0.2) is 5.82 Å². The van der Waals surface area contributed by atoms with Crippen LogP contribution in [0.4, 0.5) is 34.8 Å². The van der Waals surface area contributed by atoms with Crippen molar-refractivity contribution in [1.82, 2.24) is 10.2 Å². The van der Waals surface area contributed by atoms with Gasteiger partial charge in [0.05, 0.1) is 31.5 Å². The standard InChI is InChI=1S/C27H21F4N5O7S/c28-15-2-1-3-18(12-15)44(41,42)19-5-7-22-21(14-19)24(34-33-22)32-25(37)20-6-4-17(36(39)40)13-23(20)35(26(38)27(29,30)31)16-8-10-43-11-9-16/h1-7,12-14,16H,8-11H2,(H2,32,33,34,37). The molecule has 0 saturated carbocycles. The molecular formula is C27H21F4N5O7S. The van der Waals surface area contributed by atoms with Gasteiger partial charge in [-0.2, -0.15) is 18.3 Å². The summed E-state index contributed by atoms with van der Waals surface area (Å²) in [6, 6.07) is 9.48. The molecule has 2 amide bonds. The molecule has 17 heteroatoms. The van der Waals surface area contributed by atoms with Gasteiger partial charge in [0.1, 0.15) is 5.82 Å². The smallest absolute Gasteiger partial charge is 0.381 e. The molecule has 230 valence electrons. The number of alkyl halides is 3. The zero-order valence-electron chi connectivity index (χ0n) is 22.3. The zero-order valence-corrected chi connectivity index (χ0v) is 23.1. The highest BCUT2D eigenvalue weighted by atomic mass is 32.2. The summed E-state index contributed by atoms with van der Waals surface area (Å²) >= 11 is 0. The summed E-state index contributed by atoms with van der Waals surface area (Å²) in [5, 5.41) is 20.5. The lowest BCUT2D eigenvalue weighted by Crippen LogP contribution is -2.50. The van der Waals surface area contributed by atoms with Gasteiger partial charge in [-0.05, 0) is 55.3 Å². The van der Waals surface area contributed by atoms with Crippen LogP contribution in [0.5, 0.6) is 0 Å². The Hall–Kier alpha value is -4.90. The number of benzene rings is 3. The first-order valence-electron chi connectivity index (χ1n) is 12.8. The van der Waals surface area contributed by atoms with Crippen LogP contribution in [0.2, 0.25) is 0 Å². The Morgan fingerprint density at radius 1 is 1.05 bits per heavy atom. The third kappa shape index (κ3) is 5.96. The number of hydrogen-bond acceptors (Lipinski definition) is 8. The second kappa shape index (κ2) is 11.6. The molecule has 44 heavy (non-hydrogen) atoms. The lowest BCUT2D eigenvalue weighted by Gasteiger charge is -2.35. The minimum atomic E-state index is -5.38. The van der Waals surface area contributed by atoms with Crippen molar-refractivity contribution in [3.8, 4) is 0 Å². The fourth-order valence-corrected chi connectivity index (χ4v) is 6.10. The van der Waals surface area contributed by atoms with E-state index in [0.717, 1.165) is 30.3 Å². The van der Waals surface area contributed by atoms with E-state index in [1.54, 1.807) is 0 Å². The maximum atomic E-state index is 13.7. The van der Waals surface area contributed by atoms with Crippen LogP contribution in [0.25, 0.3) is 10.9 Å². The van der Waals surface area contributed by atoms with E-state index in [-0.39, 0.29) is 52.6 Å². The van der Waals surface area contributed by atoms with Gasteiger partial charge >= 0.3 is 12.1 Å². The number of H-pyrrole nitrogens is 1. The molecule has 0 spiro atoms. The largest absolute Gasteiger partial charge is 0.471 e. The van der Waals surface area contributed by atoms with Crippen LogP contribution in [-0.2, 0) is 19.4 Å². The number of sulfone groups is 1. The van der Waals surface area contributed by atoms with Gasteiger partial charge in [0.25, 0.3) is 11.6 Å². The van der Waals surface area contributed by atoms with Gasteiger partial charge in [-0.15, -0.1) is 0 Å². The van der Waals surface area contributed by atoms with E-state index < -0.39 is 61.5 Å². The van der Waals surface area contributed by atoms with Crippen LogP contribution in [0.15, 0.2) is 70.5 Å². The van der Waals surface area contributed by atoms with Gasteiger partial charge in [-0.3, -0.25) is 24.8 Å². The molecule has 0 bridgehead atoms. The molecule has 0 radical (unpaired) electrons. The molecule has 2 heterocycles. The highest BCUT2D eigenvalue weighted by molar-refractivity contribution is 7.91. The molecule has 0 aliphatic carbocycles. The Bertz CT molecular complexity index is 1890. The molecule has 12 nitrogen and oxygen atoms in total. The van der Waals surface area contributed by atoms with E-state index >= 15 is 0 Å². The van der Waals surface area contributed by atoms with Crippen molar-refractivity contribution in [3.05, 3.63) is 82.2 Å². The summed E-state index contributed by atoms with van der Waals surface area (Å²) in [6.07, 6.45) is -5.44. The number of aromatic amines is 1. The second-order valence-electron chi connectivity index (χ2n) is 9.67. The number of ether oxygens (including phenoxy) is 1. The summed E-state index contributed by atoms with van der Waals surface area (Å²) < 4.78 is 86.4. The monoisotopic (exact) mass is 635 g/mol. The molecule has 3 aromatic carbocycles. The first-order chi connectivity index (χ1) is 20.8. The first kappa shape index (κ1) is 30.6. The minimum absolute atomic E-state index is 0.0167.